The van der Waals surface area contributed by atoms with Gasteiger partial charge in [0.25, 0.3) is 5.56 Å². The van der Waals surface area contributed by atoms with Crippen LogP contribution >= 0.6 is 0 Å². The van der Waals surface area contributed by atoms with Gasteiger partial charge >= 0.3 is 0 Å². The second kappa shape index (κ2) is 5.91. The molecule has 3 heteroatoms. The summed E-state index contributed by atoms with van der Waals surface area (Å²) < 4.78 is 0. The summed E-state index contributed by atoms with van der Waals surface area (Å²) in [7, 11) is 0. The molecule has 0 aliphatic heterocycles. The summed E-state index contributed by atoms with van der Waals surface area (Å²) in [5, 5.41) is 0. The van der Waals surface area contributed by atoms with E-state index in [4.69, 9.17) is 0 Å². The number of H-pyrrole nitrogens is 1. The number of aromatic nitrogens is 2. The second-order valence-corrected chi connectivity index (χ2v) is 2.36. The molecule has 76 valence electrons. The predicted octanol–water partition coefficient (Wildman–Crippen LogP) is 2.39. The van der Waals surface area contributed by atoms with Crippen LogP contribution in [0.2, 0.25) is 0 Å². The average molecular weight is 192 g/mol. The van der Waals surface area contributed by atoms with Crippen molar-refractivity contribution in [2.75, 3.05) is 0 Å². The number of aryl methyl sites for hydroxylation is 1. The van der Waals surface area contributed by atoms with E-state index >= 15 is 0 Å². The monoisotopic (exact) mass is 192 g/mol. The van der Waals surface area contributed by atoms with Gasteiger partial charge in [-0.05, 0) is 19.1 Å². The summed E-state index contributed by atoms with van der Waals surface area (Å²) >= 11 is 0. The van der Waals surface area contributed by atoms with Crippen molar-refractivity contribution in [1.29, 1.82) is 0 Å². The Hall–Kier alpha value is -1.64. The highest BCUT2D eigenvalue weighted by atomic mass is 16.1. The lowest BCUT2D eigenvalue weighted by Crippen LogP contribution is -2.14. The van der Waals surface area contributed by atoms with Gasteiger partial charge in [0.15, 0.2) is 0 Å². The van der Waals surface area contributed by atoms with Gasteiger partial charge in [0.2, 0.25) is 0 Å². The smallest absolute Gasteiger partial charge is 0.269 e. The fourth-order valence-corrected chi connectivity index (χ4v) is 0.880. The lowest BCUT2D eigenvalue weighted by molar-refractivity contribution is 1.04. The topological polar surface area (TPSA) is 45.8 Å². The Morgan fingerprint density at radius 1 is 1.29 bits per heavy atom. The molecule has 0 saturated carbocycles. The van der Waals surface area contributed by atoms with E-state index in [1.54, 1.807) is 19.1 Å². The van der Waals surface area contributed by atoms with E-state index in [2.05, 4.69) is 23.1 Å². The van der Waals surface area contributed by atoms with E-state index in [1.165, 1.54) is 0 Å². The highest BCUT2D eigenvalue weighted by Crippen LogP contribution is 2.03. The van der Waals surface area contributed by atoms with Crippen molar-refractivity contribution >= 4 is 12.2 Å². The molecule has 14 heavy (non-hydrogen) atoms. The zero-order valence-electron chi connectivity index (χ0n) is 8.92. The van der Waals surface area contributed by atoms with Crippen LogP contribution in [0.4, 0.5) is 0 Å². The van der Waals surface area contributed by atoms with Crippen LogP contribution < -0.4 is 5.56 Å². The maximum absolute atomic E-state index is 11.1. The van der Waals surface area contributed by atoms with Crippen LogP contribution in [0.3, 0.4) is 0 Å². The standard InChI is InChI=1S/C9H10N2O.C2H6/c1-4-7-8(5-2)11-9(12)6(3)10-7;1-2/h4-5H,1-2H2,3H3,(H,11,12);1-2H3. The lowest BCUT2D eigenvalue weighted by atomic mass is 10.3. The van der Waals surface area contributed by atoms with Crippen molar-refractivity contribution in [3.05, 3.63) is 40.6 Å². The van der Waals surface area contributed by atoms with Crippen molar-refractivity contribution in [1.82, 2.24) is 9.97 Å². The summed E-state index contributed by atoms with van der Waals surface area (Å²) in [5.41, 5.74) is 1.52. The molecule has 0 aromatic carbocycles. The molecule has 1 heterocycles. The van der Waals surface area contributed by atoms with Crippen molar-refractivity contribution < 1.29 is 0 Å². The summed E-state index contributed by atoms with van der Waals surface area (Å²) in [6, 6.07) is 0. The third kappa shape index (κ3) is 2.69. The second-order valence-electron chi connectivity index (χ2n) is 2.36. The van der Waals surface area contributed by atoms with Crippen molar-refractivity contribution in [2.45, 2.75) is 20.8 Å². The van der Waals surface area contributed by atoms with Gasteiger partial charge in [-0.15, -0.1) is 0 Å². The SMILES string of the molecule is C=Cc1nc(C)c(=O)[nH]c1C=C.CC. The van der Waals surface area contributed by atoms with Gasteiger partial charge in [-0.3, -0.25) is 4.79 Å². The van der Waals surface area contributed by atoms with Crippen LogP contribution in [0.1, 0.15) is 30.9 Å². The van der Waals surface area contributed by atoms with E-state index in [0.717, 1.165) is 0 Å². The average Bonchev–Trinajstić information content (AvgIpc) is 2.24. The molecular weight excluding hydrogens is 176 g/mol. The molecule has 0 fully saturated rings. The van der Waals surface area contributed by atoms with Gasteiger partial charge in [-0.25, -0.2) is 4.98 Å². The number of hydrogen-bond donors (Lipinski definition) is 1. The third-order valence-electron chi connectivity index (χ3n) is 1.54. The first kappa shape index (κ1) is 12.4. The highest BCUT2D eigenvalue weighted by Gasteiger charge is 2.00. The van der Waals surface area contributed by atoms with Gasteiger partial charge in [-0.1, -0.05) is 27.0 Å². The highest BCUT2D eigenvalue weighted by molar-refractivity contribution is 5.56. The summed E-state index contributed by atoms with van der Waals surface area (Å²) in [6.07, 6.45) is 3.13. The molecule has 0 aliphatic carbocycles. The quantitative estimate of drug-likeness (QED) is 0.782. The molecule has 3 nitrogen and oxygen atoms in total. The number of nitrogens with one attached hydrogen (secondary N) is 1. The van der Waals surface area contributed by atoms with Crippen LogP contribution in [-0.4, -0.2) is 9.97 Å². The number of aromatic amines is 1. The fourth-order valence-electron chi connectivity index (χ4n) is 0.880. The van der Waals surface area contributed by atoms with E-state index in [-0.39, 0.29) is 5.56 Å². The van der Waals surface area contributed by atoms with E-state index in [9.17, 15) is 4.79 Å². The van der Waals surface area contributed by atoms with Crippen molar-refractivity contribution in [2.24, 2.45) is 0 Å². The Balaban J connectivity index is 0.000000791. The normalized spacial score (nSPS) is 8.50. The summed E-state index contributed by atoms with van der Waals surface area (Å²) in [4.78, 5) is 17.7. The summed E-state index contributed by atoms with van der Waals surface area (Å²) in [5.74, 6) is 0. The number of nitrogens with zero attached hydrogens (tertiary/aromatic N) is 1. The zero-order valence-corrected chi connectivity index (χ0v) is 8.92. The van der Waals surface area contributed by atoms with Crippen LogP contribution in [0.5, 0.6) is 0 Å². The first-order valence-corrected chi connectivity index (χ1v) is 4.55. The molecule has 0 spiro atoms. The summed E-state index contributed by atoms with van der Waals surface area (Å²) in [6.45, 7) is 12.8. The van der Waals surface area contributed by atoms with Crippen LogP contribution in [0, 0.1) is 6.92 Å². The van der Waals surface area contributed by atoms with Gasteiger partial charge in [-0.2, -0.15) is 0 Å². The van der Waals surface area contributed by atoms with Crippen molar-refractivity contribution in [3.8, 4) is 0 Å². The molecule has 0 unspecified atom stereocenters. The number of hydrogen-bond acceptors (Lipinski definition) is 2. The lowest BCUT2D eigenvalue weighted by Gasteiger charge is -1.99. The molecule has 1 N–H and O–H groups in total. The van der Waals surface area contributed by atoms with Crippen LogP contribution in [0.25, 0.3) is 12.2 Å². The van der Waals surface area contributed by atoms with Crippen molar-refractivity contribution in [3.63, 3.8) is 0 Å². The van der Waals surface area contributed by atoms with Gasteiger partial charge in [0, 0.05) is 0 Å². The van der Waals surface area contributed by atoms with Gasteiger partial charge in [0.05, 0.1) is 11.4 Å². The molecule has 1 aromatic heterocycles. The minimum atomic E-state index is -0.185. The van der Waals surface area contributed by atoms with Crippen LogP contribution in [0.15, 0.2) is 18.0 Å². The Kier molecular flexibility index (Phi) is 5.22. The zero-order chi connectivity index (χ0) is 11.1. The number of rotatable bonds is 2. The molecule has 0 bridgehead atoms. The molecule has 1 aromatic rings. The maximum Gasteiger partial charge on any atom is 0.269 e. The molecule has 0 atom stereocenters. The van der Waals surface area contributed by atoms with Gasteiger partial charge in [0.1, 0.15) is 5.69 Å². The Morgan fingerprint density at radius 2 is 1.86 bits per heavy atom. The minimum Gasteiger partial charge on any atom is -0.319 e. The Labute approximate surface area is 84.2 Å². The molecule has 0 saturated heterocycles. The van der Waals surface area contributed by atoms with E-state index in [0.29, 0.717) is 17.1 Å². The Morgan fingerprint density at radius 3 is 2.29 bits per heavy atom. The molecule has 0 radical (unpaired) electrons. The first-order chi connectivity index (χ1) is 6.69. The predicted molar refractivity (Wildman–Crippen MR) is 61.1 cm³/mol. The fraction of sp³-hybridized carbons (Fsp3) is 0.273. The van der Waals surface area contributed by atoms with E-state index in [1.807, 2.05) is 13.8 Å². The molecular formula is C11H16N2O. The molecule has 1 rings (SSSR count). The van der Waals surface area contributed by atoms with Gasteiger partial charge < -0.3 is 4.98 Å². The first-order valence-electron chi connectivity index (χ1n) is 4.55. The molecule has 0 aliphatic rings. The largest absolute Gasteiger partial charge is 0.319 e. The Bertz CT molecular complexity index is 377. The molecule has 0 amide bonds. The van der Waals surface area contributed by atoms with Crippen LogP contribution in [-0.2, 0) is 0 Å². The van der Waals surface area contributed by atoms with E-state index < -0.39 is 0 Å². The maximum atomic E-state index is 11.1. The third-order valence-corrected chi connectivity index (χ3v) is 1.54. The minimum absolute atomic E-state index is 0.185.